The van der Waals surface area contributed by atoms with Gasteiger partial charge in [-0.25, -0.2) is 0 Å². The predicted octanol–water partition coefficient (Wildman–Crippen LogP) is 2.56. The Hall–Kier alpha value is -1.68. The molecule has 0 spiro atoms. The Bertz CT molecular complexity index is 510. The Balaban J connectivity index is 2.21. The van der Waals surface area contributed by atoms with Crippen molar-refractivity contribution < 1.29 is 14.3 Å². The number of aryl methyl sites for hydroxylation is 1. The van der Waals surface area contributed by atoms with Crippen LogP contribution in [0.5, 0.6) is 0 Å². The highest BCUT2D eigenvalue weighted by atomic mass is 16.5. The lowest BCUT2D eigenvalue weighted by molar-refractivity contribution is -0.126. The first-order chi connectivity index (χ1) is 9.00. The van der Waals surface area contributed by atoms with E-state index in [1.54, 1.807) is 6.07 Å². The number of nitrogens with one attached hydrogen (secondary N) is 1. The topological polar surface area (TPSA) is 55.4 Å². The molecule has 1 saturated heterocycles. The third-order valence-electron chi connectivity index (χ3n) is 3.53. The molecule has 1 aromatic rings. The minimum Gasteiger partial charge on any atom is -0.368 e. The second-order valence-corrected chi connectivity index (χ2v) is 5.10. The normalized spacial score (nSPS) is 22.3. The maximum atomic E-state index is 12.2. The van der Waals surface area contributed by atoms with Crippen molar-refractivity contribution in [1.29, 1.82) is 0 Å². The SMILES string of the molecule is CC(=O)c1c(C)cccc1NC(=O)C1OCCC1C. The molecule has 1 N–H and O–H groups in total. The molecule has 2 rings (SSSR count). The Kier molecular flexibility index (Phi) is 4.00. The molecule has 0 aromatic heterocycles. The highest BCUT2D eigenvalue weighted by molar-refractivity contribution is 6.05. The maximum Gasteiger partial charge on any atom is 0.253 e. The summed E-state index contributed by atoms with van der Waals surface area (Å²) in [6.45, 7) is 5.99. The van der Waals surface area contributed by atoms with Crippen LogP contribution in [-0.2, 0) is 9.53 Å². The molecule has 0 aliphatic carbocycles. The van der Waals surface area contributed by atoms with E-state index in [1.807, 2.05) is 26.0 Å². The van der Waals surface area contributed by atoms with Crippen molar-refractivity contribution in [2.24, 2.45) is 5.92 Å². The van der Waals surface area contributed by atoms with E-state index in [-0.39, 0.29) is 17.6 Å². The van der Waals surface area contributed by atoms with Crippen LogP contribution in [0.4, 0.5) is 5.69 Å². The van der Waals surface area contributed by atoms with Gasteiger partial charge in [0, 0.05) is 12.2 Å². The molecule has 102 valence electrons. The minimum atomic E-state index is -0.416. The van der Waals surface area contributed by atoms with Crippen LogP contribution in [0.25, 0.3) is 0 Å². The number of hydrogen-bond acceptors (Lipinski definition) is 3. The summed E-state index contributed by atoms with van der Waals surface area (Å²) in [6.07, 6.45) is 0.478. The molecule has 0 bridgehead atoms. The monoisotopic (exact) mass is 261 g/mol. The van der Waals surface area contributed by atoms with Crippen molar-refractivity contribution in [2.45, 2.75) is 33.3 Å². The smallest absolute Gasteiger partial charge is 0.253 e. The summed E-state index contributed by atoms with van der Waals surface area (Å²) >= 11 is 0. The lowest BCUT2D eigenvalue weighted by Crippen LogP contribution is -2.31. The van der Waals surface area contributed by atoms with E-state index in [4.69, 9.17) is 4.74 Å². The fraction of sp³-hybridized carbons (Fsp3) is 0.467. The average molecular weight is 261 g/mol. The molecule has 1 aliphatic rings. The standard InChI is InChI=1S/C15H19NO3/c1-9-5-4-6-12(13(9)11(3)17)16-15(18)14-10(2)7-8-19-14/h4-6,10,14H,7-8H2,1-3H3,(H,16,18). The van der Waals surface area contributed by atoms with E-state index in [0.717, 1.165) is 12.0 Å². The van der Waals surface area contributed by atoms with Crippen LogP contribution >= 0.6 is 0 Å². The third-order valence-corrected chi connectivity index (χ3v) is 3.53. The van der Waals surface area contributed by atoms with Crippen LogP contribution in [-0.4, -0.2) is 24.4 Å². The van der Waals surface area contributed by atoms with Crippen LogP contribution in [0.15, 0.2) is 18.2 Å². The second-order valence-electron chi connectivity index (χ2n) is 5.10. The van der Waals surface area contributed by atoms with Crippen molar-refractivity contribution >= 4 is 17.4 Å². The molecule has 1 fully saturated rings. The summed E-state index contributed by atoms with van der Waals surface area (Å²) < 4.78 is 5.43. The van der Waals surface area contributed by atoms with Gasteiger partial charge >= 0.3 is 0 Å². The van der Waals surface area contributed by atoms with Gasteiger partial charge in [-0.1, -0.05) is 19.1 Å². The van der Waals surface area contributed by atoms with Crippen LogP contribution in [0.3, 0.4) is 0 Å². The number of Topliss-reactive ketones (excluding diaryl/α,β-unsaturated/α-hetero) is 1. The van der Waals surface area contributed by atoms with Gasteiger partial charge in [-0.3, -0.25) is 9.59 Å². The number of carbonyl (C=O) groups is 2. The quantitative estimate of drug-likeness (QED) is 0.851. The fourth-order valence-electron chi connectivity index (χ4n) is 2.47. The molecule has 1 amide bonds. The first kappa shape index (κ1) is 13.7. The van der Waals surface area contributed by atoms with Crippen molar-refractivity contribution in [3.05, 3.63) is 29.3 Å². The van der Waals surface area contributed by atoms with E-state index in [0.29, 0.717) is 17.9 Å². The fourth-order valence-corrected chi connectivity index (χ4v) is 2.47. The number of benzene rings is 1. The Morgan fingerprint density at radius 3 is 2.68 bits per heavy atom. The molecular weight excluding hydrogens is 242 g/mol. The molecule has 2 unspecified atom stereocenters. The lowest BCUT2D eigenvalue weighted by Gasteiger charge is -2.16. The van der Waals surface area contributed by atoms with Crippen LogP contribution < -0.4 is 5.32 Å². The van der Waals surface area contributed by atoms with E-state index in [2.05, 4.69) is 5.32 Å². The largest absolute Gasteiger partial charge is 0.368 e. The number of carbonyl (C=O) groups excluding carboxylic acids is 2. The van der Waals surface area contributed by atoms with Crippen molar-refractivity contribution in [1.82, 2.24) is 0 Å². The molecule has 0 saturated carbocycles. The molecule has 2 atom stereocenters. The molecule has 19 heavy (non-hydrogen) atoms. The van der Waals surface area contributed by atoms with Gasteiger partial charge in [0.2, 0.25) is 0 Å². The Morgan fingerprint density at radius 2 is 2.11 bits per heavy atom. The van der Waals surface area contributed by atoms with Crippen LogP contribution in [0.2, 0.25) is 0 Å². The summed E-state index contributed by atoms with van der Waals surface area (Å²) in [5.74, 6) is -0.00234. The zero-order chi connectivity index (χ0) is 14.0. The average Bonchev–Trinajstić information content (AvgIpc) is 2.75. The molecule has 1 aliphatic heterocycles. The molecule has 4 nitrogen and oxygen atoms in total. The molecule has 4 heteroatoms. The molecule has 0 radical (unpaired) electrons. The van der Waals surface area contributed by atoms with Crippen LogP contribution in [0, 0.1) is 12.8 Å². The van der Waals surface area contributed by atoms with Gasteiger partial charge in [-0.15, -0.1) is 0 Å². The van der Waals surface area contributed by atoms with Gasteiger partial charge in [-0.2, -0.15) is 0 Å². The van der Waals surface area contributed by atoms with Gasteiger partial charge < -0.3 is 10.1 Å². The highest BCUT2D eigenvalue weighted by Crippen LogP contribution is 2.24. The number of ether oxygens (including phenoxy) is 1. The number of ketones is 1. The summed E-state index contributed by atoms with van der Waals surface area (Å²) in [6, 6.07) is 5.44. The number of amides is 1. The third kappa shape index (κ3) is 2.84. The summed E-state index contributed by atoms with van der Waals surface area (Å²) in [7, 11) is 0. The van der Waals surface area contributed by atoms with Gasteiger partial charge in [0.25, 0.3) is 5.91 Å². The lowest BCUT2D eigenvalue weighted by atomic mass is 10.0. The maximum absolute atomic E-state index is 12.2. The number of hydrogen-bond donors (Lipinski definition) is 1. The van der Waals surface area contributed by atoms with E-state index in [9.17, 15) is 9.59 Å². The van der Waals surface area contributed by atoms with Crippen molar-refractivity contribution in [3.8, 4) is 0 Å². The predicted molar refractivity (Wildman–Crippen MR) is 73.3 cm³/mol. The number of anilines is 1. The van der Waals surface area contributed by atoms with Gasteiger partial charge in [-0.05, 0) is 37.8 Å². The summed E-state index contributed by atoms with van der Waals surface area (Å²) in [5.41, 5.74) is 2.01. The molecule has 1 aromatic carbocycles. The van der Waals surface area contributed by atoms with Crippen molar-refractivity contribution in [3.63, 3.8) is 0 Å². The number of rotatable bonds is 3. The first-order valence-corrected chi connectivity index (χ1v) is 6.53. The summed E-state index contributed by atoms with van der Waals surface area (Å²) in [5, 5.41) is 2.82. The molecule has 1 heterocycles. The molecular formula is C15H19NO3. The zero-order valence-electron chi connectivity index (χ0n) is 11.5. The van der Waals surface area contributed by atoms with Crippen molar-refractivity contribution in [2.75, 3.05) is 11.9 Å². The Labute approximate surface area is 113 Å². The van der Waals surface area contributed by atoms with E-state index in [1.165, 1.54) is 6.92 Å². The minimum absolute atomic E-state index is 0.0474. The second kappa shape index (κ2) is 5.53. The first-order valence-electron chi connectivity index (χ1n) is 6.53. The highest BCUT2D eigenvalue weighted by Gasteiger charge is 2.31. The van der Waals surface area contributed by atoms with E-state index < -0.39 is 6.10 Å². The Morgan fingerprint density at radius 1 is 1.37 bits per heavy atom. The van der Waals surface area contributed by atoms with Gasteiger partial charge in [0.1, 0.15) is 6.10 Å². The van der Waals surface area contributed by atoms with Crippen LogP contribution in [0.1, 0.15) is 36.2 Å². The van der Waals surface area contributed by atoms with Gasteiger partial charge in [0.15, 0.2) is 5.78 Å². The zero-order valence-corrected chi connectivity index (χ0v) is 11.5. The van der Waals surface area contributed by atoms with Gasteiger partial charge in [0.05, 0.1) is 5.69 Å². The van der Waals surface area contributed by atoms with E-state index >= 15 is 0 Å². The summed E-state index contributed by atoms with van der Waals surface area (Å²) in [4.78, 5) is 23.8.